The number of hydrogen-bond donors (Lipinski definition) is 1. The van der Waals surface area contributed by atoms with Crippen LogP contribution in [0.2, 0.25) is 0 Å². The van der Waals surface area contributed by atoms with Crippen LogP contribution >= 0.6 is 0 Å². The number of nitro groups is 1. The summed E-state index contributed by atoms with van der Waals surface area (Å²) in [5.74, 6) is -0.530. The van der Waals surface area contributed by atoms with Crippen molar-refractivity contribution in [1.82, 2.24) is 0 Å². The fraction of sp³-hybridized carbons (Fsp3) is 0.143. The van der Waals surface area contributed by atoms with Crippen LogP contribution in [-0.2, 0) is 17.8 Å². The lowest BCUT2D eigenvalue weighted by Gasteiger charge is -2.17. The molecule has 0 atom stereocenters. The molecule has 3 rings (SSSR count). The van der Waals surface area contributed by atoms with E-state index in [1.807, 2.05) is 6.07 Å². The molecule has 0 spiro atoms. The Balaban J connectivity index is 1.91. The van der Waals surface area contributed by atoms with Crippen LogP contribution in [0.4, 0.5) is 15.8 Å². The van der Waals surface area contributed by atoms with Crippen LogP contribution in [-0.4, -0.2) is 17.4 Å². The number of para-hydroxylation sites is 1. The Hall–Kier alpha value is -4.97. The van der Waals surface area contributed by atoms with Gasteiger partial charge in [0, 0.05) is 17.7 Å². The normalized spacial score (nSPS) is 10.8. The summed E-state index contributed by atoms with van der Waals surface area (Å²) in [6, 6.07) is 16.9. The summed E-state index contributed by atoms with van der Waals surface area (Å²) in [5.41, 5.74) is 1.64. The van der Waals surface area contributed by atoms with Crippen LogP contribution in [0.15, 0.2) is 78.9 Å². The largest absolute Gasteiger partial charge is 0.490 e. The molecule has 1 N–H and O–H groups in total. The van der Waals surface area contributed by atoms with Gasteiger partial charge in [-0.2, -0.15) is 5.26 Å². The van der Waals surface area contributed by atoms with Crippen molar-refractivity contribution in [2.24, 2.45) is 0 Å². The average Bonchev–Trinajstić information content (AvgIpc) is 2.88. The van der Waals surface area contributed by atoms with E-state index in [0.29, 0.717) is 35.7 Å². The third-order valence-electron chi connectivity index (χ3n) is 5.15. The summed E-state index contributed by atoms with van der Waals surface area (Å²) >= 11 is 0. The van der Waals surface area contributed by atoms with E-state index >= 15 is 0 Å². The van der Waals surface area contributed by atoms with Gasteiger partial charge in [-0.25, -0.2) is 4.39 Å². The Labute approximate surface area is 213 Å². The summed E-state index contributed by atoms with van der Waals surface area (Å²) in [6.07, 6.45) is 3.46. The molecular formula is C28H24FN3O5. The minimum atomic E-state index is -0.755. The number of non-ortho nitro benzene ring substituents is 1. The summed E-state index contributed by atoms with van der Waals surface area (Å²) in [6.45, 7) is 6.04. The second-order valence-electron chi connectivity index (χ2n) is 7.75. The maximum atomic E-state index is 13.9. The zero-order valence-electron chi connectivity index (χ0n) is 20.1. The molecule has 0 heterocycles. The second kappa shape index (κ2) is 12.7. The average molecular weight is 502 g/mol. The van der Waals surface area contributed by atoms with Crippen LogP contribution in [0.5, 0.6) is 11.5 Å². The smallest absolute Gasteiger partial charge is 0.269 e. The number of ether oxygens (including phenoxy) is 2. The highest BCUT2D eigenvalue weighted by Gasteiger charge is 2.16. The van der Waals surface area contributed by atoms with Crippen molar-refractivity contribution in [3.8, 4) is 17.6 Å². The number of anilines is 1. The number of rotatable bonds is 11. The Kier molecular flexibility index (Phi) is 9.11. The first-order valence-corrected chi connectivity index (χ1v) is 11.3. The molecule has 3 aromatic rings. The molecule has 0 saturated heterocycles. The molecule has 0 bridgehead atoms. The maximum absolute atomic E-state index is 13.9. The van der Waals surface area contributed by atoms with Crippen molar-refractivity contribution in [2.45, 2.75) is 20.0 Å². The van der Waals surface area contributed by atoms with Gasteiger partial charge >= 0.3 is 0 Å². The highest BCUT2D eigenvalue weighted by Crippen LogP contribution is 2.35. The van der Waals surface area contributed by atoms with Gasteiger partial charge in [0.15, 0.2) is 11.5 Å². The zero-order valence-corrected chi connectivity index (χ0v) is 20.1. The number of nitrogens with zero attached hydrogens (tertiary/aromatic N) is 2. The molecule has 1 amide bonds. The standard InChI is InChI=1S/C28H24FN3O5/c1-3-7-21-14-20(15-22(17-30)28(33)31-25-9-6-5-8-24(25)29)16-26(36-4-2)27(21)37-18-19-10-12-23(13-11-19)32(34)35/h3,5-6,8-16H,1,4,7,18H2,2H3,(H,31,33). The molecule has 8 nitrogen and oxygen atoms in total. The minimum Gasteiger partial charge on any atom is -0.490 e. The van der Waals surface area contributed by atoms with Crippen molar-refractivity contribution >= 4 is 23.4 Å². The predicted octanol–water partition coefficient (Wildman–Crippen LogP) is 5.99. The number of halogens is 1. The fourth-order valence-electron chi connectivity index (χ4n) is 3.44. The van der Waals surface area contributed by atoms with E-state index < -0.39 is 16.6 Å². The Bertz CT molecular complexity index is 1380. The van der Waals surface area contributed by atoms with Gasteiger partial charge in [-0.1, -0.05) is 18.2 Å². The first kappa shape index (κ1) is 26.6. The molecule has 0 fully saturated rings. The van der Waals surface area contributed by atoms with Crippen molar-refractivity contribution < 1.29 is 23.6 Å². The molecule has 0 aliphatic heterocycles. The van der Waals surface area contributed by atoms with E-state index in [2.05, 4.69) is 11.9 Å². The predicted molar refractivity (Wildman–Crippen MR) is 138 cm³/mol. The topological polar surface area (TPSA) is 114 Å². The van der Waals surface area contributed by atoms with E-state index in [4.69, 9.17) is 9.47 Å². The molecule has 188 valence electrons. The first-order valence-electron chi connectivity index (χ1n) is 11.3. The molecular weight excluding hydrogens is 477 g/mol. The zero-order chi connectivity index (χ0) is 26.8. The number of allylic oxidation sites excluding steroid dienone is 1. The highest BCUT2D eigenvalue weighted by molar-refractivity contribution is 6.09. The quantitative estimate of drug-likeness (QED) is 0.114. The molecule has 37 heavy (non-hydrogen) atoms. The van der Waals surface area contributed by atoms with E-state index in [1.165, 1.54) is 36.4 Å². The third-order valence-corrected chi connectivity index (χ3v) is 5.15. The lowest BCUT2D eigenvalue weighted by molar-refractivity contribution is -0.384. The number of amides is 1. The number of nitriles is 1. The first-order chi connectivity index (χ1) is 17.9. The fourth-order valence-corrected chi connectivity index (χ4v) is 3.44. The van der Waals surface area contributed by atoms with Crippen molar-refractivity contribution in [3.63, 3.8) is 0 Å². The van der Waals surface area contributed by atoms with Gasteiger partial charge in [0.1, 0.15) is 24.1 Å². The van der Waals surface area contributed by atoms with Crippen molar-refractivity contribution in [3.05, 3.63) is 112 Å². The molecule has 0 aromatic heterocycles. The van der Waals surface area contributed by atoms with Crippen LogP contribution in [0, 0.1) is 27.3 Å². The lowest BCUT2D eigenvalue weighted by atomic mass is 10.0. The number of carbonyl (C=O) groups is 1. The number of benzene rings is 3. The van der Waals surface area contributed by atoms with Gasteiger partial charge in [-0.05, 0) is 66.9 Å². The van der Waals surface area contributed by atoms with Crippen LogP contribution in [0.3, 0.4) is 0 Å². The van der Waals surface area contributed by atoms with Crippen molar-refractivity contribution in [2.75, 3.05) is 11.9 Å². The molecule has 0 unspecified atom stereocenters. The molecule has 0 aliphatic rings. The molecule has 0 radical (unpaired) electrons. The van der Waals surface area contributed by atoms with E-state index in [0.717, 1.165) is 5.56 Å². The van der Waals surface area contributed by atoms with Gasteiger partial charge in [0.25, 0.3) is 11.6 Å². The number of nitro benzene ring substituents is 1. The minimum absolute atomic E-state index is 0.0189. The Morgan fingerprint density at radius 1 is 1.19 bits per heavy atom. The number of nitrogens with one attached hydrogen (secondary N) is 1. The van der Waals surface area contributed by atoms with E-state index in [-0.39, 0.29) is 23.6 Å². The maximum Gasteiger partial charge on any atom is 0.269 e. The van der Waals surface area contributed by atoms with E-state index in [1.54, 1.807) is 43.3 Å². The summed E-state index contributed by atoms with van der Waals surface area (Å²) in [7, 11) is 0. The van der Waals surface area contributed by atoms with Gasteiger partial charge in [-0.15, -0.1) is 6.58 Å². The Morgan fingerprint density at radius 2 is 1.92 bits per heavy atom. The molecule has 0 saturated carbocycles. The van der Waals surface area contributed by atoms with Gasteiger partial charge < -0.3 is 14.8 Å². The monoisotopic (exact) mass is 501 g/mol. The second-order valence-corrected chi connectivity index (χ2v) is 7.75. The molecule has 9 heteroatoms. The third kappa shape index (κ3) is 7.02. The van der Waals surface area contributed by atoms with Gasteiger partial charge in [0.05, 0.1) is 17.2 Å². The van der Waals surface area contributed by atoms with Crippen LogP contribution in [0.1, 0.15) is 23.6 Å². The SMILES string of the molecule is C=CCc1cc(C=C(C#N)C(=O)Nc2ccccc2F)cc(OCC)c1OCc1ccc([N+](=O)[O-])cc1. The summed E-state index contributed by atoms with van der Waals surface area (Å²) < 4.78 is 25.7. The van der Waals surface area contributed by atoms with Gasteiger partial charge in [-0.3, -0.25) is 14.9 Å². The number of hydrogen-bond acceptors (Lipinski definition) is 6. The molecule has 0 aliphatic carbocycles. The van der Waals surface area contributed by atoms with Gasteiger partial charge in [0.2, 0.25) is 0 Å². The number of carbonyl (C=O) groups excluding carboxylic acids is 1. The highest BCUT2D eigenvalue weighted by atomic mass is 19.1. The summed E-state index contributed by atoms with van der Waals surface area (Å²) in [5, 5.41) is 22.9. The van der Waals surface area contributed by atoms with E-state index in [9.17, 15) is 24.6 Å². The molecule has 3 aromatic carbocycles. The lowest BCUT2D eigenvalue weighted by Crippen LogP contribution is -2.14. The van der Waals surface area contributed by atoms with Crippen LogP contribution in [0.25, 0.3) is 6.08 Å². The Morgan fingerprint density at radius 3 is 2.54 bits per heavy atom. The summed E-state index contributed by atoms with van der Waals surface area (Å²) in [4.78, 5) is 23.0. The van der Waals surface area contributed by atoms with Crippen molar-refractivity contribution in [1.29, 1.82) is 5.26 Å². The van der Waals surface area contributed by atoms with Crippen LogP contribution < -0.4 is 14.8 Å².